The third-order valence-corrected chi connectivity index (χ3v) is 5.64. The first-order valence-corrected chi connectivity index (χ1v) is 8.58. The summed E-state index contributed by atoms with van der Waals surface area (Å²) >= 11 is 1.88. The summed E-state index contributed by atoms with van der Waals surface area (Å²) in [5.74, 6) is 1.31. The van der Waals surface area contributed by atoms with Gasteiger partial charge in [0, 0.05) is 22.4 Å². The van der Waals surface area contributed by atoms with Crippen molar-refractivity contribution >= 4 is 11.3 Å². The van der Waals surface area contributed by atoms with Gasteiger partial charge in [-0.15, -0.1) is 16.4 Å². The number of nitrogens with zero attached hydrogens (tertiary/aromatic N) is 1. The van der Waals surface area contributed by atoms with Crippen LogP contribution < -0.4 is 5.73 Å². The van der Waals surface area contributed by atoms with E-state index in [1.807, 2.05) is 17.4 Å². The second-order valence-electron chi connectivity index (χ2n) is 5.87. The molecule has 0 bridgehead atoms. The highest BCUT2D eigenvalue weighted by molar-refractivity contribution is 7.12. The number of rotatable bonds is 4. The van der Waals surface area contributed by atoms with E-state index in [0.717, 1.165) is 18.9 Å². The van der Waals surface area contributed by atoms with Crippen LogP contribution in [0.15, 0.2) is 24.1 Å². The molecule has 3 rings (SSSR count). The SMILES string of the molecule is CCc1ccc(C2C=C(N)ON2CC2CCCCC2)s1. The minimum Gasteiger partial charge on any atom is -0.388 e. The molecule has 1 aliphatic carbocycles. The number of hydroxylamine groups is 2. The van der Waals surface area contributed by atoms with Crippen LogP contribution in [0, 0.1) is 5.92 Å². The minimum atomic E-state index is 0.210. The Hall–Kier alpha value is -1.00. The molecule has 20 heavy (non-hydrogen) atoms. The lowest BCUT2D eigenvalue weighted by atomic mass is 9.89. The van der Waals surface area contributed by atoms with Crippen LogP contribution in [-0.2, 0) is 11.3 Å². The first-order chi connectivity index (χ1) is 9.76. The molecule has 0 amide bonds. The van der Waals surface area contributed by atoms with Crippen LogP contribution in [0.3, 0.4) is 0 Å². The molecule has 0 radical (unpaired) electrons. The van der Waals surface area contributed by atoms with Gasteiger partial charge < -0.3 is 10.6 Å². The standard InChI is InChI=1S/C16H24N2OS/c1-2-13-8-9-15(20-13)14-10-16(17)19-18(14)11-12-6-4-3-5-7-12/h8-10,12,14H,2-7,11,17H2,1H3. The topological polar surface area (TPSA) is 38.5 Å². The molecule has 0 saturated heterocycles. The van der Waals surface area contributed by atoms with Crippen molar-refractivity contribution < 1.29 is 4.84 Å². The number of thiophene rings is 1. The Bertz CT molecular complexity index is 477. The maximum Gasteiger partial charge on any atom is 0.207 e. The normalized spacial score (nSPS) is 24.6. The van der Waals surface area contributed by atoms with E-state index >= 15 is 0 Å². The van der Waals surface area contributed by atoms with E-state index in [1.54, 1.807) is 0 Å². The molecule has 110 valence electrons. The molecule has 1 atom stereocenters. The van der Waals surface area contributed by atoms with Gasteiger partial charge in [-0.1, -0.05) is 26.2 Å². The molecule has 1 aromatic rings. The van der Waals surface area contributed by atoms with E-state index in [9.17, 15) is 0 Å². The fourth-order valence-corrected chi connectivity index (χ4v) is 4.23. The third kappa shape index (κ3) is 3.01. The average Bonchev–Trinajstić information content (AvgIpc) is 3.06. The zero-order valence-corrected chi connectivity index (χ0v) is 13.0. The van der Waals surface area contributed by atoms with Gasteiger partial charge in [0.15, 0.2) is 0 Å². The first kappa shape index (κ1) is 14.0. The molecule has 0 spiro atoms. The summed E-state index contributed by atoms with van der Waals surface area (Å²) in [4.78, 5) is 8.53. The summed E-state index contributed by atoms with van der Waals surface area (Å²) in [5, 5.41) is 2.09. The molecule has 1 aliphatic heterocycles. The Morgan fingerprint density at radius 2 is 2.10 bits per heavy atom. The summed E-state index contributed by atoms with van der Waals surface area (Å²) in [6.07, 6.45) is 9.94. The molecule has 1 fully saturated rings. The second kappa shape index (κ2) is 6.19. The summed E-state index contributed by atoms with van der Waals surface area (Å²) < 4.78 is 0. The predicted octanol–water partition coefficient (Wildman–Crippen LogP) is 3.98. The van der Waals surface area contributed by atoms with Gasteiger partial charge in [-0.2, -0.15) is 0 Å². The quantitative estimate of drug-likeness (QED) is 0.912. The van der Waals surface area contributed by atoms with E-state index in [-0.39, 0.29) is 6.04 Å². The van der Waals surface area contributed by atoms with Gasteiger partial charge in [0.05, 0.1) is 0 Å². The van der Waals surface area contributed by atoms with Gasteiger partial charge in [0.25, 0.3) is 0 Å². The highest BCUT2D eigenvalue weighted by Crippen LogP contribution is 2.36. The zero-order chi connectivity index (χ0) is 13.9. The molecular weight excluding hydrogens is 268 g/mol. The Kier molecular flexibility index (Phi) is 4.32. The Morgan fingerprint density at radius 3 is 2.80 bits per heavy atom. The fourth-order valence-electron chi connectivity index (χ4n) is 3.20. The first-order valence-electron chi connectivity index (χ1n) is 7.76. The minimum absolute atomic E-state index is 0.210. The van der Waals surface area contributed by atoms with Crippen molar-refractivity contribution in [3.8, 4) is 0 Å². The van der Waals surface area contributed by atoms with Crippen molar-refractivity contribution in [2.75, 3.05) is 6.54 Å². The van der Waals surface area contributed by atoms with Crippen molar-refractivity contribution in [3.05, 3.63) is 33.8 Å². The van der Waals surface area contributed by atoms with Gasteiger partial charge in [0.2, 0.25) is 5.88 Å². The maximum atomic E-state index is 5.90. The van der Waals surface area contributed by atoms with Crippen molar-refractivity contribution in [1.29, 1.82) is 0 Å². The van der Waals surface area contributed by atoms with E-state index in [0.29, 0.717) is 5.88 Å². The lowest BCUT2D eigenvalue weighted by Crippen LogP contribution is -2.30. The van der Waals surface area contributed by atoms with Crippen molar-refractivity contribution in [2.45, 2.75) is 51.5 Å². The van der Waals surface area contributed by atoms with E-state index in [4.69, 9.17) is 10.6 Å². The number of hydrogen-bond donors (Lipinski definition) is 1. The zero-order valence-electron chi connectivity index (χ0n) is 12.2. The van der Waals surface area contributed by atoms with Crippen molar-refractivity contribution in [3.63, 3.8) is 0 Å². The van der Waals surface area contributed by atoms with Gasteiger partial charge >= 0.3 is 0 Å². The average molecular weight is 292 g/mol. The smallest absolute Gasteiger partial charge is 0.207 e. The maximum absolute atomic E-state index is 5.90. The van der Waals surface area contributed by atoms with Crippen LogP contribution in [0.5, 0.6) is 0 Å². The Morgan fingerprint density at radius 1 is 1.30 bits per heavy atom. The van der Waals surface area contributed by atoms with Gasteiger partial charge in [-0.25, -0.2) is 0 Å². The molecule has 2 heterocycles. The van der Waals surface area contributed by atoms with E-state index in [1.165, 1.54) is 41.9 Å². The van der Waals surface area contributed by atoms with Crippen molar-refractivity contribution in [2.24, 2.45) is 11.7 Å². The van der Waals surface area contributed by atoms with E-state index in [2.05, 4.69) is 24.1 Å². The van der Waals surface area contributed by atoms with Crippen LogP contribution >= 0.6 is 11.3 Å². The van der Waals surface area contributed by atoms with Crippen molar-refractivity contribution in [1.82, 2.24) is 5.06 Å². The predicted molar refractivity (Wildman–Crippen MR) is 83.1 cm³/mol. The molecule has 1 saturated carbocycles. The fraction of sp³-hybridized carbons (Fsp3) is 0.625. The summed E-state index contributed by atoms with van der Waals surface area (Å²) in [6.45, 7) is 3.20. The molecule has 4 heteroatoms. The molecule has 2 N–H and O–H groups in total. The van der Waals surface area contributed by atoms with Crippen LogP contribution in [0.4, 0.5) is 0 Å². The molecular formula is C16H24N2OS. The van der Waals surface area contributed by atoms with Crippen LogP contribution in [-0.4, -0.2) is 11.6 Å². The Labute approximate surface area is 125 Å². The Balaban J connectivity index is 1.69. The highest BCUT2D eigenvalue weighted by Gasteiger charge is 2.31. The number of nitrogens with two attached hydrogens (primary N) is 1. The lowest BCUT2D eigenvalue weighted by molar-refractivity contribution is -0.130. The molecule has 0 aromatic carbocycles. The summed E-state index contributed by atoms with van der Waals surface area (Å²) in [5.41, 5.74) is 5.90. The number of aryl methyl sites for hydroxylation is 1. The van der Waals surface area contributed by atoms with Crippen LogP contribution in [0.2, 0.25) is 0 Å². The van der Waals surface area contributed by atoms with Gasteiger partial charge in [-0.3, -0.25) is 0 Å². The van der Waals surface area contributed by atoms with Gasteiger partial charge in [-0.05, 0) is 37.3 Å². The molecule has 3 nitrogen and oxygen atoms in total. The second-order valence-corrected chi connectivity index (χ2v) is 7.07. The molecule has 1 unspecified atom stereocenters. The highest BCUT2D eigenvalue weighted by atomic mass is 32.1. The molecule has 1 aromatic heterocycles. The largest absolute Gasteiger partial charge is 0.388 e. The summed E-state index contributed by atoms with van der Waals surface area (Å²) in [6, 6.07) is 4.66. The monoisotopic (exact) mass is 292 g/mol. The van der Waals surface area contributed by atoms with Crippen LogP contribution in [0.25, 0.3) is 0 Å². The lowest BCUT2D eigenvalue weighted by Gasteiger charge is -2.29. The van der Waals surface area contributed by atoms with Gasteiger partial charge in [0.1, 0.15) is 6.04 Å². The van der Waals surface area contributed by atoms with E-state index < -0.39 is 0 Å². The van der Waals surface area contributed by atoms with Crippen LogP contribution in [0.1, 0.15) is 54.8 Å². The molecule has 2 aliphatic rings. The summed E-state index contributed by atoms with van der Waals surface area (Å²) in [7, 11) is 0. The number of hydrogen-bond acceptors (Lipinski definition) is 4. The third-order valence-electron chi connectivity index (χ3n) is 4.34.